The highest BCUT2D eigenvalue weighted by Gasteiger charge is 2.15. The highest BCUT2D eigenvalue weighted by Crippen LogP contribution is 2.33. The summed E-state index contributed by atoms with van der Waals surface area (Å²) >= 11 is 0. The van der Waals surface area contributed by atoms with Crippen LogP contribution < -0.4 is 20.1 Å². The maximum absolute atomic E-state index is 12.8. The Morgan fingerprint density at radius 1 is 1.37 bits per heavy atom. The van der Waals surface area contributed by atoms with E-state index in [1.807, 2.05) is 6.92 Å². The van der Waals surface area contributed by atoms with Crippen LogP contribution >= 0.6 is 0 Å². The summed E-state index contributed by atoms with van der Waals surface area (Å²) in [5.74, 6) is 0.630. The molecule has 0 radical (unpaired) electrons. The van der Waals surface area contributed by atoms with Gasteiger partial charge >= 0.3 is 12.3 Å². The van der Waals surface area contributed by atoms with Crippen LogP contribution in [0.25, 0.3) is 0 Å². The van der Waals surface area contributed by atoms with E-state index in [2.05, 4.69) is 25.5 Å². The van der Waals surface area contributed by atoms with Crippen LogP contribution in [0.4, 0.5) is 14.5 Å². The van der Waals surface area contributed by atoms with Gasteiger partial charge < -0.3 is 20.1 Å². The molecule has 30 heavy (non-hydrogen) atoms. The van der Waals surface area contributed by atoms with Crippen LogP contribution in [0.1, 0.15) is 19.4 Å². The molecule has 1 heterocycles. The van der Waals surface area contributed by atoms with Crippen molar-refractivity contribution >= 4 is 11.6 Å². The smallest absolute Gasteiger partial charge is 0.387 e. The number of alkyl halides is 2. The van der Waals surface area contributed by atoms with Crippen LogP contribution in [-0.2, 0) is 13.1 Å². The van der Waals surface area contributed by atoms with Crippen molar-refractivity contribution < 1.29 is 23.2 Å². The van der Waals surface area contributed by atoms with Crippen LogP contribution in [-0.4, -0.2) is 47.0 Å². The lowest BCUT2D eigenvalue weighted by atomic mass is 10.2. The Morgan fingerprint density at radius 2 is 2.17 bits per heavy atom. The van der Waals surface area contributed by atoms with Crippen LogP contribution in [0.3, 0.4) is 0 Å². The van der Waals surface area contributed by atoms with Gasteiger partial charge in [-0.15, -0.1) is 0 Å². The average Bonchev–Trinajstić information content (AvgIpc) is 3.17. The Hall–Kier alpha value is -3.44. The maximum Gasteiger partial charge on any atom is 0.387 e. The molecule has 2 N–H and O–H groups in total. The zero-order chi connectivity index (χ0) is 21.9. The molecule has 1 aromatic heterocycles. The highest BCUT2D eigenvalue weighted by atomic mass is 19.3. The molecule has 0 fully saturated rings. The van der Waals surface area contributed by atoms with Gasteiger partial charge in [0.1, 0.15) is 12.4 Å². The minimum absolute atomic E-state index is 0.0437. The van der Waals surface area contributed by atoms with E-state index in [-0.39, 0.29) is 23.7 Å². The molecule has 0 amide bonds. The lowest BCUT2D eigenvalue weighted by molar-refractivity contribution is -0.385. The standard InChI is InChI=1S/C18H24F2N6O4/c1-3-21-18(22-8-9-25-12-14(11-24-25)26(27)28)23-10-13-6-5-7-15(29-4-2)16(13)30-17(19)20/h5-7,11-12,17H,3-4,8-10H2,1-2H3,(H2,21,22,23). The van der Waals surface area contributed by atoms with Crippen molar-refractivity contribution in [2.45, 2.75) is 33.5 Å². The molecular formula is C18H24F2N6O4. The third kappa shape index (κ3) is 6.87. The molecular weight excluding hydrogens is 402 g/mol. The average molecular weight is 426 g/mol. The SMILES string of the molecule is CCNC(=NCc1cccc(OCC)c1OC(F)F)NCCn1cc([N+](=O)[O-])cn1. The van der Waals surface area contributed by atoms with Crippen LogP contribution in [0.15, 0.2) is 35.6 Å². The predicted octanol–water partition coefficient (Wildman–Crippen LogP) is 2.55. The van der Waals surface area contributed by atoms with Crippen molar-refractivity contribution in [3.63, 3.8) is 0 Å². The van der Waals surface area contributed by atoms with E-state index >= 15 is 0 Å². The largest absolute Gasteiger partial charge is 0.490 e. The number of nitrogens with one attached hydrogen (secondary N) is 2. The van der Waals surface area contributed by atoms with Crippen LogP contribution in [0.5, 0.6) is 11.5 Å². The fraction of sp³-hybridized carbons (Fsp3) is 0.444. The summed E-state index contributed by atoms with van der Waals surface area (Å²) in [4.78, 5) is 14.6. The minimum atomic E-state index is -2.99. The number of ether oxygens (including phenoxy) is 2. The van der Waals surface area contributed by atoms with Gasteiger partial charge in [0.15, 0.2) is 17.5 Å². The van der Waals surface area contributed by atoms with Crippen LogP contribution in [0, 0.1) is 10.1 Å². The second kappa shape index (κ2) is 11.5. The first kappa shape index (κ1) is 22.8. The number of hydrogen-bond donors (Lipinski definition) is 2. The summed E-state index contributed by atoms with van der Waals surface area (Å²) in [5.41, 5.74) is 0.359. The predicted molar refractivity (Wildman–Crippen MR) is 106 cm³/mol. The van der Waals surface area contributed by atoms with E-state index in [0.717, 1.165) is 0 Å². The Balaban J connectivity index is 2.05. The van der Waals surface area contributed by atoms with E-state index in [0.29, 0.717) is 37.8 Å². The van der Waals surface area contributed by atoms with Gasteiger partial charge in [0, 0.05) is 18.7 Å². The van der Waals surface area contributed by atoms with Gasteiger partial charge in [-0.05, 0) is 19.9 Å². The number of nitrogens with zero attached hydrogens (tertiary/aromatic N) is 4. The molecule has 0 saturated carbocycles. The molecule has 0 unspecified atom stereocenters. The summed E-state index contributed by atoms with van der Waals surface area (Å²) in [7, 11) is 0. The lowest BCUT2D eigenvalue weighted by Gasteiger charge is -2.15. The zero-order valence-corrected chi connectivity index (χ0v) is 16.7. The number of aromatic nitrogens is 2. The molecule has 164 valence electrons. The fourth-order valence-electron chi connectivity index (χ4n) is 2.54. The first-order valence-electron chi connectivity index (χ1n) is 9.33. The first-order valence-corrected chi connectivity index (χ1v) is 9.33. The maximum atomic E-state index is 12.8. The number of aliphatic imine (C=N–C) groups is 1. The molecule has 0 saturated heterocycles. The molecule has 0 aliphatic carbocycles. The quantitative estimate of drug-likeness (QED) is 0.245. The van der Waals surface area contributed by atoms with E-state index in [1.165, 1.54) is 17.1 Å². The second-order valence-corrected chi connectivity index (χ2v) is 5.90. The second-order valence-electron chi connectivity index (χ2n) is 5.90. The van der Waals surface area contributed by atoms with Gasteiger partial charge in [0.2, 0.25) is 0 Å². The Kier molecular flexibility index (Phi) is 8.78. The van der Waals surface area contributed by atoms with Gasteiger partial charge in [-0.3, -0.25) is 14.8 Å². The van der Waals surface area contributed by atoms with E-state index in [1.54, 1.807) is 25.1 Å². The van der Waals surface area contributed by atoms with Gasteiger partial charge in [-0.2, -0.15) is 13.9 Å². The van der Waals surface area contributed by atoms with Crippen molar-refractivity contribution in [2.24, 2.45) is 4.99 Å². The number of nitro groups is 1. The Labute approximate surface area is 172 Å². The topological polar surface area (TPSA) is 116 Å². The number of hydrogen-bond acceptors (Lipinski definition) is 6. The minimum Gasteiger partial charge on any atom is -0.490 e. The van der Waals surface area contributed by atoms with E-state index < -0.39 is 11.5 Å². The van der Waals surface area contributed by atoms with Gasteiger partial charge in [-0.25, -0.2) is 4.99 Å². The summed E-state index contributed by atoms with van der Waals surface area (Å²) in [6.45, 7) is 2.38. The van der Waals surface area contributed by atoms with Crippen molar-refractivity contribution in [3.8, 4) is 11.5 Å². The Morgan fingerprint density at radius 3 is 2.80 bits per heavy atom. The summed E-state index contributed by atoms with van der Waals surface area (Å²) in [5, 5.41) is 20.7. The van der Waals surface area contributed by atoms with Crippen molar-refractivity contribution in [3.05, 3.63) is 46.3 Å². The first-order chi connectivity index (χ1) is 14.4. The Bertz CT molecular complexity index is 859. The molecule has 2 aromatic rings. The molecule has 0 bridgehead atoms. The van der Waals surface area contributed by atoms with Crippen molar-refractivity contribution in [2.75, 3.05) is 19.7 Å². The molecule has 12 heteroatoms. The molecule has 0 atom stereocenters. The van der Waals surface area contributed by atoms with Gasteiger partial charge in [0.25, 0.3) is 0 Å². The summed E-state index contributed by atoms with van der Waals surface area (Å²) in [6.07, 6.45) is 2.51. The van der Waals surface area contributed by atoms with Gasteiger partial charge in [0.05, 0.1) is 24.6 Å². The van der Waals surface area contributed by atoms with Crippen molar-refractivity contribution in [1.82, 2.24) is 20.4 Å². The highest BCUT2D eigenvalue weighted by molar-refractivity contribution is 5.79. The van der Waals surface area contributed by atoms with Gasteiger partial charge in [-0.1, -0.05) is 12.1 Å². The summed E-state index contributed by atoms with van der Waals surface area (Å²) < 4.78 is 37.1. The molecule has 0 aliphatic heterocycles. The van der Waals surface area contributed by atoms with E-state index in [4.69, 9.17) is 4.74 Å². The number of guanidine groups is 1. The molecule has 10 nitrogen and oxygen atoms in total. The molecule has 0 aliphatic rings. The molecule has 0 spiro atoms. The summed E-state index contributed by atoms with van der Waals surface area (Å²) in [6, 6.07) is 4.87. The normalized spacial score (nSPS) is 11.4. The fourth-order valence-corrected chi connectivity index (χ4v) is 2.54. The molecule has 1 aromatic carbocycles. The van der Waals surface area contributed by atoms with Crippen LogP contribution in [0.2, 0.25) is 0 Å². The van der Waals surface area contributed by atoms with E-state index in [9.17, 15) is 18.9 Å². The lowest BCUT2D eigenvalue weighted by Crippen LogP contribution is -2.38. The monoisotopic (exact) mass is 426 g/mol. The number of halogens is 2. The van der Waals surface area contributed by atoms with Crippen molar-refractivity contribution in [1.29, 1.82) is 0 Å². The third-order valence-corrected chi connectivity index (χ3v) is 3.78. The third-order valence-electron chi connectivity index (χ3n) is 3.78. The number of rotatable bonds is 11. The number of para-hydroxylation sites is 1. The molecule has 2 rings (SSSR count). The zero-order valence-electron chi connectivity index (χ0n) is 16.7. The number of benzene rings is 1.